The first-order valence-corrected chi connectivity index (χ1v) is 10.9. The summed E-state index contributed by atoms with van der Waals surface area (Å²) < 4.78 is 27.7. The summed E-state index contributed by atoms with van der Waals surface area (Å²) in [7, 11) is -3.58. The van der Waals surface area contributed by atoms with Gasteiger partial charge in [-0.25, -0.2) is 8.42 Å². The third-order valence-corrected chi connectivity index (χ3v) is 7.21. The summed E-state index contributed by atoms with van der Waals surface area (Å²) >= 11 is 0. The summed E-state index contributed by atoms with van der Waals surface area (Å²) in [5.74, 6) is 0.570. The highest BCUT2D eigenvalue weighted by molar-refractivity contribution is 7.89. The van der Waals surface area contributed by atoms with Crippen LogP contribution in [0.5, 0.6) is 0 Å². The average molecular weight is 416 g/mol. The number of benzene rings is 1. The van der Waals surface area contributed by atoms with Gasteiger partial charge >= 0.3 is 0 Å². The number of rotatable bonds is 3. The lowest BCUT2D eigenvalue weighted by Gasteiger charge is -2.34. The van der Waals surface area contributed by atoms with Gasteiger partial charge in [0.2, 0.25) is 10.0 Å². The van der Waals surface area contributed by atoms with Gasteiger partial charge in [-0.2, -0.15) is 4.31 Å². The molecule has 2 aliphatic heterocycles. The van der Waals surface area contributed by atoms with E-state index in [4.69, 9.17) is 5.73 Å². The van der Waals surface area contributed by atoms with E-state index in [1.54, 1.807) is 27.4 Å². The van der Waals surface area contributed by atoms with Gasteiger partial charge in [-0.15, -0.1) is 12.4 Å². The molecule has 2 fully saturated rings. The van der Waals surface area contributed by atoms with Gasteiger partial charge in [-0.05, 0) is 49.3 Å². The first-order valence-electron chi connectivity index (χ1n) is 9.42. The van der Waals surface area contributed by atoms with Crippen LogP contribution in [-0.2, 0) is 10.0 Å². The van der Waals surface area contributed by atoms with Crippen LogP contribution in [0, 0.1) is 11.8 Å². The van der Waals surface area contributed by atoms with Gasteiger partial charge in [-0.3, -0.25) is 4.79 Å². The zero-order valence-electron chi connectivity index (χ0n) is 16.0. The van der Waals surface area contributed by atoms with Crippen molar-refractivity contribution in [3.05, 3.63) is 29.8 Å². The maximum absolute atomic E-state index is 13.1. The molecule has 1 aromatic rings. The Morgan fingerprint density at radius 3 is 2.30 bits per heavy atom. The quantitative estimate of drug-likeness (QED) is 0.821. The predicted octanol–water partition coefficient (Wildman–Crippen LogP) is 2.34. The molecule has 2 N–H and O–H groups in total. The lowest BCUT2D eigenvalue weighted by Crippen LogP contribution is -2.43. The molecular weight excluding hydrogens is 386 g/mol. The SMILES string of the molecule is CC1CC(C)CN(S(=O)(=O)c2cccc(C(=O)N3CCC(N)CC3)c2)C1.Cl. The number of likely N-dealkylation sites (tertiary alicyclic amines) is 1. The number of carbonyl (C=O) groups excluding carboxylic acids is 1. The van der Waals surface area contributed by atoms with Gasteiger partial charge in [0, 0.05) is 37.8 Å². The molecule has 0 aromatic heterocycles. The number of hydrogen-bond acceptors (Lipinski definition) is 4. The Balaban J connectivity index is 0.00000261. The van der Waals surface area contributed by atoms with E-state index in [0.717, 1.165) is 19.3 Å². The molecule has 2 saturated heterocycles. The lowest BCUT2D eigenvalue weighted by atomic mass is 9.94. The van der Waals surface area contributed by atoms with Gasteiger partial charge in [-0.1, -0.05) is 19.9 Å². The van der Waals surface area contributed by atoms with Gasteiger partial charge in [0.1, 0.15) is 0 Å². The van der Waals surface area contributed by atoms with E-state index in [1.165, 1.54) is 6.07 Å². The van der Waals surface area contributed by atoms with Crippen molar-refractivity contribution in [3.8, 4) is 0 Å². The van der Waals surface area contributed by atoms with Crippen LogP contribution in [0.2, 0.25) is 0 Å². The number of hydrogen-bond donors (Lipinski definition) is 1. The van der Waals surface area contributed by atoms with E-state index >= 15 is 0 Å². The molecule has 0 bridgehead atoms. The van der Waals surface area contributed by atoms with Crippen molar-refractivity contribution in [3.63, 3.8) is 0 Å². The number of carbonyl (C=O) groups is 1. The molecule has 2 unspecified atom stereocenters. The summed E-state index contributed by atoms with van der Waals surface area (Å²) in [5, 5.41) is 0. The first kappa shape index (κ1) is 22.1. The fourth-order valence-electron chi connectivity index (χ4n) is 4.03. The Bertz CT molecular complexity index is 753. The molecule has 152 valence electrons. The Morgan fingerprint density at radius 1 is 1.11 bits per heavy atom. The van der Waals surface area contributed by atoms with Crippen LogP contribution in [0.1, 0.15) is 43.5 Å². The Morgan fingerprint density at radius 2 is 1.70 bits per heavy atom. The Labute approximate surface area is 168 Å². The summed E-state index contributed by atoms with van der Waals surface area (Å²) in [4.78, 5) is 14.7. The number of piperidine rings is 2. The molecule has 0 saturated carbocycles. The second kappa shape index (κ2) is 8.90. The molecule has 2 heterocycles. The molecule has 2 aliphatic rings. The molecule has 8 heteroatoms. The van der Waals surface area contributed by atoms with Crippen molar-refractivity contribution in [2.75, 3.05) is 26.2 Å². The van der Waals surface area contributed by atoms with E-state index in [2.05, 4.69) is 13.8 Å². The lowest BCUT2D eigenvalue weighted by molar-refractivity contribution is 0.0714. The van der Waals surface area contributed by atoms with Gasteiger partial charge in [0.05, 0.1) is 4.90 Å². The summed E-state index contributed by atoms with van der Waals surface area (Å²) in [5.41, 5.74) is 6.33. The van der Waals surface area contributed by atoms with Gasteiger partial charge < -0.3 is 10.6 Å². The molecule has 1 amide bonds. The van der Waals surface area contributed by atoms with E-state index in [9.17, 15) is 13.2 Å². The highest BCUT2D eigenvalue weighted by atomic mass is 35.5. The number of nitrogens with zero attached hydrogens (tertiary/aromatic N) is 2. The van der Waals surface area contributed by atoms with Crippen LogP contribution >= 0.6 is 12.4 Å². The van der Waals surface area contributed by atoms with Crippen LogP contribution in [0.4, 0.5) is 0 Å². The smallest absolute Gasteiger partial charge is 0.253 e. The average Bonchev–Trinajstić information content (AvgIpc) is 2.61. The molecule has 6 nitrogen and oxygen atoms in total. The zero-order valence-corrected chi connectivity index (χ0v) is 17.6. The molecular formula is C19H30ClN3O3S. The molecule has 0 spiro atoms. The van der Waals surface area contributed by atoms with Crippen molar-refractivity contribution in [1.29, 1.82) is 0 Å². The highest BCUT2D eigenvalue weighted by Crippen LogP contribution is 2.27. The molecule has 2 atom stereocenters. The van der Waals surface area contributed by atoms with Crippen molar-refractivity contribution in [1.82, 2.24) is 9.21 Å². The summed E-state index contributed by atoms with van der Waals surface area (Å²) in [6.45, 7) is 6.48. The summed E-state index contributed by atoms with van der Waals surface area (Å²) in [6.07, 6.45) is 2.61. The Hall–Kier alpha value is -1.15. The van der Waals surface area contributed by atoms with Crippen molar-refractivity contribution in [2.45, 2.75) is 44.0 Å². The van der Waals surface area contributed by atoms with Crippen molar-refractivity contribution in [2.24, 2.45) is 17.6 Å². The first-order chi connectivity index (χ1) is 12.3. The monoisotopic (exact) mass is 415 g/mol. The zero-order chi connectivity index (χ0) is 18.9. The minimum absolute atomic E-state index is 0. The number of amides is 1. The standard InChI is InChI=1S/C19H29N3O3S.ClH/c1-14-10-15(2)13-22(12-14)26(24,25)18-5-3-4-16(11-18)19(23)21-8-6-17(20)7-9-21;/h3-5,11,14-15,17H,6-10,12-13,20H2,1-2H3;1H. The van der Waals surface area contributed by atoms with Crippen LogP contribution in [-0.4, -0.2) is 55.8 Å². The number of halogens is 1. The number of sulfonamides is 1. The maximum Gasteiger partial charge on any atom is 0.253 e. The molecule has 0 radical (unpaired) electrons. The van der Waals surface area contributed by atoms with E-state index in [1.807, 2.05) is 0 Å². The van der Waals surface area contributed by atoms with E-state index in [-0.39, 0.29) is 29.3 Å². The normalized spacial score (nSPS) is 25.1. The molecule has 3 rings (SSSR count). The third kappa shape index (κ3) is 5.02. The van der Waals surface area contributed by atoms with Crippen LogP contribution in [0.3, 0.4) is 0 Å². The molecule has 0 aliphatic carbocycles. The predicted molar refractivity (Wildman–Crippen MR) is 109 cm³/mol. The van der Waals surface area contributed by atoms with Gasteiger partial charge in [0.15, 0.2) is 0 Å². The minimum atomic E-state index is -3.58. The van der Waals surface area contributed by atoms with E-state index in [0.29, 0.717) is 43.6 Å². The number of nitrogens with two attached hydrogens (primary N) is 1. The van der Waals surface area contributed by atoms with Crippen molar-refractivity contribution < 1.29 is 13.2 Å². The maximum atomic E-state index is 13.1. The van der Waals surface area contributed by atoms with Crippen molar-refractivity contribution >= 4 is 28.3 Å². The van der Waals surface area contributed by atoms with Crippen LogP contribution in [0.15, 0.2) is 29.2 Å². The second-order valence-electron chi connectivity index (χ2n) is 7.93. The van der Waals surface area contributed by atoms with Crippen LogP contribution in [0.25, 0.3) is 0 Å². The fraction of sp³-hybridized carbons (Fsp3) is 0.632. The third-order valence-electron chi connectivity index (χ3n) is 5.38. The largest absolute Gasteiger partial charge is 0.339 e. The van der Waals surface area contributed by atoms with Gasteiger partial charge in [0.25, 0.3) is 5.91 Å². The fourth-order valence-corrected chi connectivity index (χ4v) is 5.75. The summed E-state index contributed by atoms with van der Waals surface area (Å²) in [6, 6.07) is 6.61. The molecule has 1 aromatic carbocycles. The highest BCUT2D eigenvalue weighted by Gasteiger charge is 2.32. The van der Waals surface area contributed by atoms with Crippen LogP contribution < -0.4 is 5.73 Å². The second-order valence-corrected chi connectivity index (χ2v) is 9.86. The van der Waals surface area contributed by atoms with E-state index < -0.39 is 10.0 Å². The minimum Gasteiger partial charge on any atom is -0.339 e. The Kier molecular flexibility index (Phi) is 7.30. The topological polar surface area (TPSA) is 83.7 Å². The molecule has 27 heavy (non-hydrogen) atoms.